The first kappa shape index (κ1) is 36.3. The van der Waals surface area contributed by atoms with Crippen molar-refractivity contribution in [3.8, 4) is 0 Å². The van der Waals surface area contributed by atoms with Gasteiger partial charge in [-0.15, -0.1) is 0 Å². The lowest BCUT2D eigenvalue weighted by Crippen LogP contribution is -2.69. The second kappa shape index (κ2) is 13.9. The summed E-state index contributed by atoms with van der Waals surface area (Å²) in [5.74, 6) is -3.71. The predicted molar refractivity (Wildman–Crippen MR) is 185 cm³/mol. The molecule has 1 spiro atoms. The molecule has 5 fully saturated rings. The molecule has 0 aromatic heterocycles. The molecule has 2 aliphatic carbocycles. The normalized spacial score (nSPS) is 31.2. The van der Waals surface area contributed by atoms with Crippen LogP contribution >= 0.6 is 0 Å². The molecule has 4 saturated heterocycles. The Kier molecular flexibility index (Phi) is 9.33. The lowest BCUT2D eigenvalue weighted by Gasteiger charge is -2.48. The number of cyclic esters (lactones) is 1. The molecule has 4 aliphatic heterocycles. The highest BCUT2D eigenvalue weighted by Gasteiger charge is 2.76. The molecule has 2 amide bonds. The van der Waals surface area contributed by atoms with Crippen LogP contribution in [0.2, 0.25) is 0 Å². The molecule has 7 atom stereocenters. The van der Waals surface area contributed by atoms with E-state index >= 15 is 0 Å². The molecule has 0 radical (unpaired) electrons. The van der Waals surface area contributed by atoms with E-state index in [-0.39, 0.29) is 51.6 Å². The minimum Gasteiger partial charge on any atom is -0.462 e. The van der Waals surface area contributed by atoms with Crippen LogP contribution in [-0.2, 0) is 71.9 Å². The summed E-state index contributed by atoms with van der Waals surface area (Å²) in [5, 5.41) is 16.0. The van der Waals surface area contributed by atoms with Gasteiger partial charge in [-0.25, -0.2) is 9.59 Å². The number of fused-ring (bicyclic) bond motifs is 5. The van der Waals surface area contributed by atoms with Gasteiger partial charge in [0.15, 0.2) is 11.8 Å². The molecule has 2 aromatic rings. The Morgan fingerprint density at radius 2 is 1.74 bits per heavy atom. The average Bonchev–Trinajstić information content (AvgIpc) is 3.88. The summed E-state index contributed by atoms with van der Waals surface area (Å²) in [4.78, 5) is 72.1. The van der Waals surface area contributed by atoms with Gasteiger partial charge >= 0.3 is 17.9 Å². The minimum atomic E-state index is -1.43. The molecular formula is C39H43N3O12. The standard InChI is InChI=1S/C39H43N3O12/c1-37(2)21-49-35(47)33(37)51-28(45)11-10-22-6-5-7-23(16-22)20-42-31-34(46)50-26-19-39(31,36(48)41-13-12-27(44)40-14-15-43)32(54-42)30-29(26)52-38(53-30)17-24-8-3-4-9-25(24)18-38/h3-11,16,26,29-33,43H,12-15,17-21H2,1-2H3,(H,40,44)(H,41,48). The molecule has 1 saturated carbocycles. The molecule has 15 nitrogen and oxygen atoms in total. The van der Waals surface area contributed by atoms with E-state index in [9.17, 15) is 24.0 Å². The minimum absolute atomic E-state index is 0.00204. The summed E-state index contributed by atoms with van der Waals surface area (Å²) in [7, 11) is 0. The molecule has 7 unspecified atom stereocenters. The first-order valence-corrected chi connectivity index (χ1v) is 18.3. The molecule has 8 rings (SSSR count). The number of amides is 2. The molecule has 2 bridgehead atoms. The number of hydroxylamine groups is 2. The molecule has 6 aliphatic rings. The molecule has 286 valence electrons. The number of ether oxygens (including phenoxy) is 5. The van der Waals surface area contributed by atoms with Gasteiger partial charge in [-0.1, -0.05) is 62.4 Å². The molecule has 15 heteroatoms. The van der Waals surface area contributed by atoms with Crippen LogP contribution in [0, 0.1) is 10.8 Å². The Bertz CT molecular complexity index is 1870. The number of benzene rings is 2. The van der Waals surface area contributed by atoms with E-state index < -0.39 is 77.0 Å². The van der Waals surface area contributed by atoms with E-state index in [1.54, 1.807) is 38.1 Å². The zero-order valence-electron chi connectivity index (χ0n) is 30.0. The maximum atomic E-state index is 14.4. The van der Waals surface area contributed by atoms with Crippen LogP contribution in [-0.4, -0.2) is 109 Å². The zero-order valence-corrected chi connectivity index (χ0v) is 30.0. The van der Waals surface area contributed by atoms with Crippen molar-refractivity contribution in [2.24, 2.45) is 10.8 Å². The van der Waals surface area contributed by atoms with Crippen molar-refractivity contribution in [2.45, 2.75) is 88.4 Å². The fourth-order valence-corrected chi connectivity index (χ4v) is 8.73. The van der Waals surface area contributed by atoms with Gasteiger partial charge in [0.1, 0.15) is 36.4 Å². The summed E-state index contributed by atoms with van der Waals surface area (Å²) in [6, 6.07) is 14.0. The van der Waals surface area contributed by atoms with Gasteiger partial charge in [0.2, 0.25) is 17.9 Å². The summed E-state index contributed by atoms with van der Waals surface area (Å²) < 4.78 is 30.0. The van der Waals surface area contributed by atoms with Gasteiger partial charge in [0, 0.05) is 50.3 Å². The molecule has 3 N–H and O–H groups in total. The largest absolute Gasteiger partial charge is 0.462 e. The number of aliphatic hydroxyl groups is 1. The Labute approximate surface area is 311 Å². The Hall–Kier alpha value is -4.67. The number of nitrogens with one attached hydrogen (secondary N) is 2. The van der Waals surface area contributed by atoms with E-state index in [1.165, 1.54) is 11.1 Å². The zero-order chi connectivity index (χ0) is 37.8. The maximum Gasteiger partial charge on any atom is 0.348 e. The van der Waals surface area contributed by atoms with Crippen LogP contribution in [0.25, 0.3) is 6.08 Å². The number of nitrogens with zero attached hydrogens (tertiary/aromatic N) is 1. The van der Waals surface area contributed by atoms with E-state index in [4.69, 9.17) is 33.6 Å². The highest BCUT2D eigenvalue weighted by molar-refractivity contribution is 5.94. The van der Waals surface area contributed by atoms with Gasteiger partial charge in [-0.05, 0) is 28.3 Å². The van der Waals surface area contributed by atoms with Gasteiger partial charge in [0.25, 0.3) is 0 Å². The van der Waals surface area contributed by atoms with E-state index in [2.05, 4.69) is 10.6 Å². The Morgan fingerprint density at radius 1 is 0.981 bits per heavy atom. The number of carbonyl (C=O) groups is 5. The van der Waals surface area contributed by atoms with Crippen molar-refractivity contribution in [2.75, 3.05) is 26.3 Å². The topological polar surface area (TPSA) is 188 Å². The summed E-state index contributed by atoms with van der Waals surface area (Å²) in [6.07, 6.45) is -0.255. The molecule has 54 heavy (non-hydrogen) atoms. The van der Waals surface area contributed by atoms with Crippen LogP contribution in [0.1, 0.15) is 48.9 Å². The average molecular weight is 746 g/mol. The van der Waals surface area contributed by atoms with Crippen molar-refractivity contribution in [3.63, 3.8) is 0 Å². The molecular weight excluding hydrogens is 702 g/mol. The van der Waals surface area contributed by atoms with E-state index in [0.29, 0.717) is 24.0 Å². The van der Waals surface area contributed by atoms with E-state index in [1.807, 2.05) is 30.3 Å². The highest BCUT2D eigenvalue weighted by Crippen LogP contribution is 2.58. The smallest absolute Gasteiger partial charge is 0.348 e. The van der Waals surface area contributed by atoms with Gasteiger partial charge < -0.3 is 39.4 Å². The first-order valence-electron chi connectivity index (χ1n) is 18.3. The Balaban J connectivity index is 1.04. The first-order chi connectivity index (χ1) is 25.9. The molecule has 2 aromatic carbocycles. The summed E-state index contributed by atoms with van der Waals surface area (Å²) in [6.45, 7) is 3.69. The van der Waals surface area contributed by atoms with Crippen molar-refractivity contribution in [3.05, 3.63) is 76.9 Å². The monoisotopic (exact) mass is 745 g/mol. The summed E-state index contributed by atoms with van der Waals surface area (Å²) >= 11 is 0. The SMILES string of the molecule is CC1(C)COC(=O)C1OC(=O)C=Cc1cccc(CN2OC3C4OC5(Cc6ccccc6C5)OC4C4CC3(C(=O)NCCC(=O)NCCO)C2C(=O)O4)c1. The van der Waals surface area contributed by atoms with Crippen molar-refractivity contribution < 1.29 is 57.6 Å². The number of esters is 3. The van der Waals surface area contributed by atoms with Crippen molar-refractivity contribution in [1.29, 1.82) is 0 Å². The Morgan fingerprint density at radius 3 is 2.46 bits per heavy atom. The quantitative estimate of drug-likeness (QED) is 0.167. The molecule has 4 heterocycles. The maximum absolute atomic E-state index is 14.4. The third kappa shape index (κ3) is 6.37. The second-order valence-electron chi connectivity index (χ2n) is 15.5. The third-order valence-corrected chi connectivity index (χ3v) is 11.2. The second-order valence-corrected chi connectivity index (χ2v) is 15.5. The lowest BCUT2D eigenvalue weighted by atomic mass is 9.62. The van der Waals surface area contributed by atoms with Crippen LogP contribution < -0.4 is 10.6 Å². The number of aliphatic hydroxyl groups excluding tert-OH is 1. The fourth-order valence-electron chi connectivity index (χ4n) is 8.73. The van der Waals surface area contributed by atoms with Crippen LogP contribution in [0.15, 0.2) is 54.6 Å². The predicted octanol–water partition coefficient (Wildman–Crippen LogP) is 0.888. The number of hydrogen-bond donors (Lipinski definition) is 3. The van der Waals surface area contributed by atoms with E-state index in [0.717, 1.165) is 11.1 Å². The lowest BCUT2D eigenvalue weighted by molar-refractivity contribution is -0.217. The fraction of sp³-hybridized carbons (Fsp3) is 0.513. The summed E-state index contributed by atoms with van der Waals surface area (Å²) in [5.41, 5.74) is 1.47. The van der Waals surface area contributed by atoms with Gasteiger partial charge in [-0.3, -0.25) is 19.2 Å². The van der Waals surface area contributed by atoms with Gasteiger partial charge in [0.05, 0.1) is 13.2 Å². The third-order valence-electron chi connectivity index (χ3n) is 11.2. The number of hydrogen-bond acceptors (Lipinski definition) is 13. The van der Waals surface area contributed by atoms with Crippen LogP contribution in [0.3, 0.4) is 0 Å². The van der Waals surface area contributed by atoms with Gasteiger partial charge in [-0.2, -0.15) is 5.06 Å². The van der Waals surface area contributed by atoms with Crippen LogP contribution in [0.5, 0.6) is 0 Å². The van der Waals surface area contributed by atoms with Crippen LogP contribution in [0.4, 0.5) is 0 Å². The number of rotatable bonds is 11. The van der Waals surface area contributed by atoms with Crippen molar-refractivity contribution >= 4 is 35.8 Å². The number of carbonyl (C=O) groups excluding carboxylic acids is 5. The van der Waals surface area contributed by atoms with Crippen molar-refractivity contribution in [1.82, 2.24) is 15.7 Å². The highest BCUT2D eigenvalue weighted by atomic mass is 16.8.